The van der Waals surface area contributed by atoms with Crippen LogP contribution in [0.15, 0.2) is 12.4 Å². The maximum atomic E-state index is 12.4. The van der Waals surface area contributed by atoms with Crippen LogP contribution in [-0.2, 0) is 45.0 Å². The largest absolute Gasteiger partial charge is 0.465 e. The van der Waals surface area contributed by atoms with E-state index in [1.807, 2.05) is 21.8 Å². The van der Waals surface area contributed by atoms with E-state index in [1.165, 1.54) is 77.0 Å². The lowest BCUT2D eigenvalue weighted by Crippen LogP contribution is -2.31. The summed E-state index contributed by atoms with van der Waals surface area (Å²) >= 11 is 0. The van der Waals surface area contributed by atoms with E-state index >= 15 is 0 Å². The summed E-state index contributed by atoms with van der Waals surface area (Å²) in [4.78, 5) is 26.9. The molecule has 0 unspecified atom stereocenters. The third-order valence-electron chi connectivity index (χ3n) is 8.54. The summed E-state index contributed by atoms with van der Waals surface area (Å²) in [5, 5.41) is 26.0. The molecule has 12 heteroatoms. The predicted molar refractivity (Wildman–Crippen MR) is 187 cm³/mol. The van der Waals surface area contributed by atoms with Gasteiger partial charge in [-0.15, -0.1) is 10.2 Å². The van der Waals surface area contributed by atoms with E-state index in [2.05, 4.69) is 39.4 Å². The van der Waals surface area contributed by atoms with Gasteiger partial charge in [-0.2, -0.15) is 0 Å². The van der Waals surface area contributed by atoms with Crippen LogP contribution in [-0.4, -0.2) is 91.4 Å². The molecule has 0 radical (unpaired) electrons. The maximum absolute atomic E-state index is 12.4. The summed E-state index contributed by atoms with van der Waals surface area (Å²) in [5.41, 5.74) is 1.64. The molecule has 0 amide bonds. The van der Waals surface area contributed by atoms with Gasteiger partial charge in [-0.05, 0) is 32.2 Å². The molecule has 0 saturated carbocycles. The van der Waals surface area contributed by atoms with Crippen molar-refractivity contribution in [2.24, 2.45) is 0 Å². The van der Waals surface area contributed by atoms with E-state index in [4.69, 9.17) is 9.47 Å². The first kappa shape index (κ1) is 41.3. The summed E-state index contributed by atoms with van der Waals surface area (Å²) in [6, 6.07) is 0. The van der Waals surface area contributed by atoms with Crippen LogP contribution in [0.4, 0.5) is 0 Å². The fourth-order valence-corrected chi connectivity index (χ4v) is 5.55. The second-order valence-electron chi connectivity index (χ2n) is 12.9. The van der Waals surface area contributed by atoms with Crippen LogP contribution >= 0.6 is 0 Å². The summed E-state index contributed by atoms with van der Waals surface area (Å²) < 4.78 is 14.7. The Labute approximate surface area is 289 Å². The van der Waals surface area contributed by atoms with E-state index < -0.39 is 0 Å². The molecule has 2 aromatic heterocycles. The van der Waals surface area contributed by atoms with E-state index in [1.54, 1.807) is 0 Å². The maximum Gasteiger partial charge on any atom is 0.307 e. The van der Waals surface area contributed by atoms with E-state index in [9.17, 15) is 14.7 Å². The molecule has 0 atom stereocenters. The molecule has 1 N–H and O–H groups in total. The van der Waals surface area contributed by atoms with Gasteiger partial charge >= 0.3 is 11.9 Å². The first-order chi connectivity index (χ1) is 23.5. The summed E-state index contributed by atoms with van der Waals surface area (Å²) in [6.45, 7) is 8.48. The molecule has 0 fully saturated rings. The van der Waals surface area contributed by atoms with Crippen LogP contribution in [0, 0.1) is 0 Å². The average Bonchev–Trinajstić information content (AvgIpc) is 3.74. The highest BCUT2D eigenvalue weighted by Crippen LogP contribution is 2.10. The fourth-order valence-electron chi connectivity index (χ4n) is 5.55. The summed E-state index contributed by atoms with van der Waals surface area (Å²) in [7, 11) is 0. The second kappa shape index (κ2) is 28.0. The van der Waals surface area contributed by atoms with Crippen LogP contribution in [0.3, 0.4) is 0 Å². The normalized spacial score (nSPS) is 11.4. The zero-order chi connectivity index (χ0) is 34.5. The van der Waals surface area contributed by atoms with Crippen LogP contribution in [0.1, 0.15) is 141 Å². The number of rotatable bonds is 32. The van der Waals surface area contributed by atoms with Crippen molar-refractivity contribution >= 4 is 11.9 Å². The molecule has 48 heavy (non-hydrogen) atoms. The molecular formula is C36H65N7O5. The Balaban J connectivity index is 1.58. The Morgan fingerprint density at radius 2 is 1.06 bits per heavy atom. The average molecular weight is 676 g/mol. The number of ether oxygens (including phenoxy) is 2. The minimum Gasteiger partial charge on any atom is -0.465 e. The molecule has 0 saturated heterocycles. The number of unbranched alkanes of at least 4 members (excludes halogenated alkanes) is 13. The molecule has 0 aliphatic heterocycles. The van der Waals surface area contributed by atoms with E-state index in [0.29, 0.717) is 38.9 Å². The number of carbonyl (C=O) groups excluding carboxylic acids is 2. The lowest BCUT2D eigenvalue weighted by molar-refractivity contribution is -0.144. The Morgan fingerprint density at radius 1 is 0.625 bits per heavy atom. The summed E-state index contributed by atoms with van der Waals surface area (Å²) in [5.74, 6) is -0.555. The smallest absolute Gasteiger partial charge is 0.307 e. The van der Waals surface area contributed by atoms with Crippen molar-refractivity contribution in [3.05, 3.63) is 23.8 Å². The quantitative estimate of drug-likeness (QED) is 0.0716. The van der Waals surface area contributed by atoms with Crippen molar-refractivity contribution in [2.45, 2.75) is 155 Å². The molecular weight excluding hydrogens is 610 g/mol. The lowest BCUT2D eigenvalue weighted by Gasteiger charge is -2.21. The number of carbonyl (C=O) groups is 2. The van der Waals surface area contributed by atoms with Crippen molar-refractivity contribution in [3.63, 3.8) is 0 Å². The Bertz CT molecular complexity index is 999. The zero-order valence-corrected chi connectivity index (χ0v) is 30.2. The van der Waals surface area contributed by atoms with Gasteiger partial charge in [0.1, 0.15) is 0 Å². The molecule has 0 aromatic carbocycles. The number of hydrogen-bond acceptors (Lipinski definition) is 10. The highest BCUT2D eigenvalue weighted by atomic mass is 16.5. The summed E-state index contributed by atoms with van der Waals surface area (Å²) in [6.07, 6.45) is 24.5. The van der Waals surface area contributed by atoms with Gasteiger partial charge in [0, 0.05) is 58.0 Å². The predicted octanol–water partition coefficient (Wildman–Crippen LogP) is 6.10. The van der Waals surface area contributed by atoms with Gasteiger partial charge in [0.05, 0.1) is 37.4 Å². The number of nitrogens with zero attached hydrogens (tertiary/aromatic N) is 7. The number of aryl methyl sites for hydroxylation is 2. The molecule has 2 heterocycles. The van der Waals surface area contributed by atoms with Gasteiger partial charge in [0.25, 0.3) is 0 Å². The molecule has 2 rings (SSSR count). The molecule has 0 aliphatic carbocycles. The first-order valence-corrected chi connectivity index (χ1v) is 19.0. The molecule has 0 spiro atoms. The van der Waals surface area contributed by atoms with E-state index in [0.717, 1.165) is 43.7 Å². The third-order valence-corrected chi connectivity index (χ3v) is 8.54. The van der Waals surface area contributed by atoms with Crippen LogP contribution in [0.2, 0.25) is 0 Å². The van der Waals surface area contributed by atoms with Gasteiger partial charge in [0.2, 0.25) is 0 Å². The molecule has 0 aliphatic rings. The standard InChI is InChI=1S/C36H65N7O5/c1-3-5-7-9-11-13-15-24-42-31-33(37-39-42)21-29-47-35(45)19-26-41(23-17-18-28-44)27-20-36(46)48-30-22-34-32-43(40-38-34)25-16-14-12-10-8-6-4-2/h31-32,44H,3-30H2,1-2H3. The van der Waals surface area contributed by atoms with Crippen molar-refractivity contribution < 1.29 is 24.2 Å². The highest BCUT2D eigenvalue weighted by molar-refractivity contribution is 5.70. The lowest BCUT2D eigenvalue weighted by atomic mass is 10.1. The van der Waals surface area contributed by atoms with Crippen molar-refractivity contribution in [1.29, 1.82) is 0 Å². The van der Waals surface area contributed by atoms with Gasteiger partial charge < -0.3 is 19.5 Å². The van der Waals surface area contributed by atoms with Crippen LogP contribution in [0.5, 0.6) is 0 Å². The van der Waals surface area contributed by atoms with Crippen molar-refractivity contribution in [2.75, 3.05) is 39.5 Å². The number of aliphatic hydroxyl groups excluding tert-OH is 1. The zero-order valence-electron chi connectivity index (χ0n) is 30.2. The Kier molecular flexibility index (Phi) is 24.1. The molecule has 274 valence electrons. The number of aliphatic hydroxyl groups is 1. The molecule has 0 bridgehead atoms. The van der Waals surface area contributed by atoms with Crippen molar-refractivity contribution in [1.82, 2.24) is 34.9 Å². The highest BCUT2D eigenvalue weighted by Gasteiger charge is 2.13. The number of hydrogen-bond donors (Lipinski definition) is 1. The monoisotopic (exact) mass is 676 g/mol. The van der Waals surface area contributed by atoms with Crippen molar-refractivity contribution in [3.8, 4) is 0 Å². The minimum absolute atomic E-state index is 0.116. The molecule has 2 aromatic rings. The number of aromatic nitrogens is 6. The van der Waals surface area contributed by atoms with Gasteiger partial charge in [-0.1, -0.05) is 101 Å². The van der Waals surface area contributed by atoms with E-state index in [-0.39, 0.29) is 44.6 Å². The topological polar surface area (TPSA) is 137 Å². The van der Waals surface area contributed by atoms with Gasteiger partial charge in [-0.3, -0.25) is 19.0 Å². The van der Waals surface area contributed by atoms with Crippen LogP contribution in [0.25, 0.3) is 0 Å². The number of esters is 2. The molecule has 12 nitrogen and oxygen atoms in total. The second-order valence-corrected chi connectivity index (χ2v) is 12.9. The van der Waals surface area contributed by atoms with Gasteiger partial charge in [0.15, 0.2) is 0 Å². The first-order valence-electron chi connectivity index (χ1n) is 19.0. The fraction of sp³-hybridized carbons (Fsp3) is 0.833. The van der Waals surface area contributed by atoms with Crippen LogP contribution < -0.4 is 0 Å². The van der Waals surface area contributed by atoms with Gasteiger partial charge in [-0.25, -0.2) is 0 Å². The Hall–Kier alpha value is -2.86. The Morgan fingerprint density at radius 3 is 1.50 bits per heavy atom. The minimum atomic E-state index is -0.278. The third kappa shape index (κ3) is 21.2. The SMILES string of the molecule is CCCCCCCCCn1cc(CCOC(=O)CCN(CCCCO)CCC(=O)OCCc2cn(CCCCCCCCC)nn2)nn1.